The van der Waals surface area contributed by atoms with Gasteiger partial charge in [0.15, 0.2) is 0 Å². The van der Waals surface area contributed by atoms with Crippen molar-refractivity contribution in [1.29, 1.82) is 0 Å². The first-order chi connectivity index (χ1) is 13.9. The fourth-order valence-electron chi connectivity index (χ4n) is 5.05. The molecule has 4 rings (SSSR count). The molecule has 4 N–H and O–H groups in total. The summed E-state index contributed by atoms with van der Waals surface area (Å²) in [5.74, 6) is 0.498. The fraction of sp³-hybridized carbons (Fsp3) is 0.520. The molecule has 0 saturated carbocycles. The average Bonchev–Trinajstić information content (AvgIpc) is 3.42. The summed E-state index contributed by atoms with van der Waals surface area (Å²) in [7, 11) is 0. The molecule has 29 heavy (non-hydrogen) atoms. The van der Waals surface area contributed by atoms with Gasteiger partial charge in [-0.2, -0.15) is 0 Å². The van der Waals surface area contributed by atoms with Gasteiger partial charge in [-0.25, -0.2) is 0 Å². The van der Waals surface area contributed by atoms with Crippen LogP contribution in [0.15, 0.2) is 54.6 Å². The van der Waals surface area contributed by atoms with Crippen molar-refractivity contribution in [3.63, 3.8) is 0 Å². The monoisotopic (exact) mass is 394 g/mol. The van der Waals surface area contributed by atoms with Crippen LogP contribution in [-0.2, 0) is 17.6 Å². The minimum Gasteiger partial charge on any atom is -0.384 e. The highest BCUT2D eigenvalue weighted by Crippen LogP contribution is 2.33. The van der Waals surface area contributed by atoms with Crippen LogP contribution in [0.4, 0.5) is 0 Å². The molecule has 0 spiro atoms. The SMILES string of the molecule is C[C@](O)(c1ccc(CC2CN[C@H]([C@](C)(O)c3ccccc3)C2)cc1)[C@H]1CCCN1. The molecule has 2 aromatic rings. The molecule has 0 bridgehead atoms. The molecule has 4 nitrogen and oxygen atoms in total. The summed E-state index contributed by atoms with van der Waals surface area (Å²) < 4.78 is 0. The maximum atomic E-state index is 11.1. The maximum Gasteiger partial charge on any atom is 0.102 e. The van der Waals surface area contributed by atoms with Gasteiger partial charge >= 0.3 is 0 Å². The largest absolute Gasteiger partial charge is 0.384 e. The molecule has 2 heterocycles. The molecule has 2 aromatic carbocycles. The number of hydrogen-bond donors (Lipinski definition) is 4. The average molecular weight is 395 g/mol. The first kappa shape index (κ1) is 20.5. The summed E-state index contributed by atoms with van der Waals surface area (Å²) >= 11 is 0. The van der Waals surface area contributed by atoms with Crippen LogP contribution in [0.5, 0.6) is 0 Å². The Morgan fingerprint density at radius 3 is 2.17 bits per heavy atom. The number of aliphatic hydroxyl groups is 2. The Balaban J connectivity index is 1.38. The molecule has 0 amide bonds. The predicted molar refractivity (Wildman–Crippen MR) is 117 cm³/mol. The predicted octanol–water partition coefficient (Wildman–Crippen LogP) is 3.07. The van der Waals surface area contributed by atoms with Crippen molar-refractivity contribution in [1.82, 2.24) is 10.6 Å². The van der Waals surface area contributed by atoms with Gasteiger partial charge in [0.2, 0.25) is 0 Å². The molecular formula is C25H34N2O2. The Hall–Kier alpha value is -1.72. The molecule has 2 fully saturated rings. The van der Waals surface area contributed by atoms with Crippen LogP contribution in [0.3, 0.4) is 0 Å². The van der Waals surface area contributed by atoms with Crippen LogP contribution in [0.1, 0.15) is 49.8 Å². The van der Waals surface area contributed by atoms with Crippen LogP contribution < -0.4 is 10.6 Å². The van der Waals surface area contributed by atoms with E-state index in [-0.39, 0.29) is 12.1 Å². The van der Waals surface area contributed by atoms with E-state index >= 15 is 0 Å². The summed E-state index contributed by atoms with van der Waals surface area (Å²) in [6.07, 6.45) is 4.08. The van der Waals surface area contributed by atoms with Gasteiger partial charge in [0.1, 0.15) is 11.2 Å². The van der Waals surface area contributed by atoms with Crippen LogP contribution in [0.2, 0.25) is 0 Å². The van der Waals surface area contributed by atoms with Crippen molar-refractivity contribution in [2.24, 2.45) is 5.92 Å². The van der Waals surface area contributed by atoms with Crippen LogP contribution in [0, 0.1) is 5.92 Å². The van der Waals surface area contributed by atoms with Gasteiger partial charge in [-0.3, -0.25) is 0 Å². The van der Waals surface area contributed by atoms with E-state index in [0.717, 1.165) is 49.9 Å². The molecule has 2 aliphatic rings. The molecule has 0 radical (unpaired) electrons. The summed E-state index contributed by atoms with van der Waals surface area (Å²) in [5.41, 5.74) is 1.53. The van der Waals surface area contributed by atoms with Gasteiger partial charge < -0.3 is 20.8 Å². The first-order valence-corrected chi connectivity index (χ1v) is 10.9. The van der Waals surface area contributed by atoms with Crippen molar-refractivity contribution in [2.45, 2.75) is 62.8 Å². The highest BCUT2D eigenvalue weighted by atomic mass is 16.3. The normalized spacial score (nSPS) is 28.8. The molecule has 0 aliphatic carbocycles. The lowest BCUT2D eigenvalue weighted by atomic mass is 9.84. The van der Waals surface area contributed by atoms with Gasteiger partial charge in [-0.1, -0.05) is 54.6 Å². The van der Waals surface area contributed by atoms with E-state index < -0.39 is 11.2 Å². The zero-order valence-corrected chi connectivity index (χ0v) is 17.6. The molecule has 4 heteroatoms. The van der Waals surface area contributed by atoms with E-state index in [2.05, 4.69) is 34.9 Å². The topological polar surface area (TPSA) is 64.5 Å². The van der Waals surface area contributed by atoms with E-state index in [4.69, 9.17) is 0 Å². The van der Waals surface area contributed by atoms with Crippen molar-refractivity contribution in [3.05, 3.63) is 71.3 Å². The quantitative estimate of drug-likeness (QED) is 0.608. The summed E-state index contributed by atoms with van der Waals surface area (Å²) in [6.45, 7) is 5.74. The zero-order chi connectivity index (χ0) is 20.5. The fourth-order valence-corrected chi connectivity index (χ4v) is 5.05. The summed E-state index contributed by atoms with van der Waals surface area (Å²) in [5, 5.41) is 29.1. The summed E-state index contributed by atoms with van der Waals surface area (Å²) in [4.78, 5) is 0. The van der Waals surface area contributed by atoms with Gasteiger partial charge in [0.05, 0.1) is 0 Å². The van der Waals surface area contributed by atoms with E-state index in [0.29, 0.717) is 5.92 Å². The minimum absolute atomic E-state index is 0.0587. The Bertz CT molecular complexity index is 795. The van der Waals surface area contributed by atoms with E-state index in [9.17, 15) is 10.2 Å². The second kappa shape index (κ2) is 8.19. The van der Waals surface area contributed by atoms with Crippen molar-refractivity contribution in [3.8, 4) is 0 Å². The third-order valence-corrected chi connectivity index (χ3v) is 7.06. The second-order valence-corrected chi connectivity index (χ2v) is 9.27. The molecule has 0 aromatic heterocycles. The molecule has 2 aliphatic heterocycles. The third-order valence-electron chi connectivity index (χ3n) is 7.06. The van der Waals surface area contributed by atoms with Gasteiger partial charge in [-0.05, 0) is 75.2 Å². The number of rotatable bonds is 6. The molecule has 2 saturated heterocycles. The smallest absolute Gasteiger partial charge is 0.102 e. The van der Waals surface area contributed by atoms with E-state index in [1.54, 1.807) is 0 Å². The van der Waals surface area contributed by atoms with Gasteiger partial charge in [0, 0.05) is 12.1 Å². The lowest BCUT2D eigenvalue weighted by molar-refractivity contribution is 0.0205. The van der Waals surface area contributed by atoms with Crippen molar-refractivity contribution in [2.75, 3.05) is 13.1 Å². The Morgan fingerprint density at radius 1 is 0.862 bits per heavy atom. The van der Waals surface area contributed by atoms with Gasteiger partial charge in [-0.15, -0.1) is 0 Å². The minimum atomic E-state index is -0.868. The second-order valence-electron chi connectivity index (χ2n) is 9.27. The molecule has 1 unspecified atom stereocenters. The Kier molecular flexibility index (Phi) is 5.80. The lowest BCUT2D eigenvalue weighted by Gasteiger charge is -2.31. The van der Waals surface area contributed by atoms with Crippen molar-refractivity contribution >= 4 is 0 Å². The van der Waals surface area contributed by atoms with E-state index in [1.165, 1.54) is 5.56 Å². The van der Waals surface area contributed by atoms with Gasteiger partial charge in [0.25, 0.3) is 0 Å². The lowest BCUT2D eigenvalue weighted by Crippen LogP contribution is -2.42. The maximum absolute atomic E-state index is 11.1. The number of hydrogen-bond acceptors (Lipinski definition) is 4. The zero-order valence-electron chi connectivity index (χ0n) is 17.6. The highest BCUT2D eigenvalue weighted by molar-refractivity contribution is 5.29. The Morgan fingerprint density at radius 2 is 1.52 bits per heavy atom. The van der Waals surface area contributed by atoms with Crippen molar-refractivity contribution < 1.29 is 10.2 Å². The Labute approximate surface area is 174 Å². The van der Waals surface area contributed by atoms with Crippen LogP contribution in [0.25, 0.3) is 0 Å². The van der Waals surface area contributed by atoms with Crippen LogP contribution >= 0.6 is 0 Å². The molecule has 5 atom stereocenters. The first-order valence-electron chi connectivity index (χ1n) is 10.9. The number of benzene rings is 2. The number of nitrogens with one attached hydrogen (secondary N) is 2. The van der Waals surface area contributed by atoms with E-state index in [1.807, 2.05) is 44.2 Å². The highest BCUT2D eigenvalue weighted by Gasteiger charge is 2.39. The standard InChI is InChI=1S/C25H34N2O2/c1-24(28,22-9-6-14-26-22)21-12-10-18(11-13-21)15-19-16-23(27-17-19)25(2,29)20-7-4-3-5-8-20/h3-5,7-8,10-13,19,22-23,26-29H,6,9,14-17H2,1-2H3/t19?,22-,23+,24+,25-/m1/s1. The molecular weight excluding hydrogens is 360 g/mol. The molecule has 156 valence electrons. The third kappa shape index (κ3) is 4.26. The van der Waals surface area contributed by atoms with Crippen LogP contribution in [-0.4, -0.2) is 35.4 Å². The summed E-state index contributed by atoms with van der Waals surface area (Å²) in [6, 6.07) is 18.6.